The molecule has 0 aromatic heterocycles. The number of nitrogens with zero attached hydrogens (tertiary/aromatic N) is 2. The van der Waals surface area contributed by atoms with Crippen molar-refractivity contribution in [1.82, 2.24) is 5.43 Å². The van der Waals surface area contributed by atoms with Crippen LogP contribution in [0.3, 0.4) is 0 Å². The first kappa shape index (κ1) is 18.9. The van der Waals surface area contributed by atoms with Crippen LogP contribution in [0.2, 0.25) is 0 Å². The first-order valence-corrected chi connectivity index (χ1v) is 7.89. The van der Waals surface area contributed by atoms with Gasteiger partial charge in [0.25, 0.3) is 5.91 Å². The average Bonchev–Trinajstić information content (AvgIpc) is 2.55. The number of hydrazone groups is 1. The molecule has 8 heteroatoms. The number of nitrogens with one attached hydrogen (secondary N) is 2. The zero-order valence-corrected chi connectivity index (χ0v) is 14.7. The van der Waals surface area contributed by atoms with Crippen molar-refractivity contribution in [2.45, 2.75) is 20.8 Å². The van der Waals surface area contributed by atoms with Crippen molar-refractivity contribution in [2.75, 3.05) is 11.9 Å². The molecular formula is C18H20N4O4. The Balaban J connectivity index is 1.94. The van der Waals surface area contributed by atoms with Crippen LogP contribution in [0.4, 0.5) is 11.4 Å². The van der Waals surface area contributed by atoms with Crippen molar-refractivity contribution in [3.05, 3.63) is 62.7 Å². The summed E-state index contributed by atoms with van der Waals surface area (Å²) in [7, 11) is 0. The van der Waals surface area contributed by atoms with Crippen LogP contribution in [0.5, 0.6) is 5.75 Å². The third kappa shape index (κ3) is 4.79. The van der Waals surface area contributed by atoms with Crippen LogP contribution in [0.1, 0.15) is 22.3 Å². The molecule has 0 radical (unpaired) electrons. The number of carbonyl (C=O) groups is 1. The molecule has 0 fully saturated rings. The van der Waals surface area contributed by atoms with E-state index in [1.807, 2.05) is 32.9 Å². The lowest BCUT2D eigenvalue weighted by molar-refractivity contribution is -0.385. The van der Waals surface area contributed by atoms with Crippen LogP contribution in [-0.2, 0) is 4.79 Å². The molecule has 0 aliphatic heterocycles. The van der Waals surface area contributed by atoms with Crippen LogP contribution in [-0.4, -0.2) is 28.7 Å². The lowest BCUT2D eigenvalue weighted by Crippen LogP contribution is -2.26. The SMILES string of the molecule is Cc1cc(C)c(NCC(=O)N/N=C\c2ccc(O)c([N+](=O)[O-])c2)c(C)c1. The molecule has 2 aromatic rings. The van der Waals surface area contributed by atoms with Gasteiger partial charge >= 0.3 is 5.69 Å². The summed E-state index contributed by atoms with van der Waals surface area (Å²) in [4.78, 5) is 22.0. The van der Waals surface area contributed by atoms with Crippen molar-refractivity contribution < 1.29 is 14.8 Å². The van der Waals surface area contributed by atoms with E-state index >= 15 is 0 Å². The van der Waals surface area contributed by atoms with Crippen molar-refractivity contribution >= 4 is 23.5 Å². The number of carbonyl (C=O) groups excluding carboxylic acids is 1. The minimum Gasteiger partial charge on any atom is -0.502 e. The van der Waals surface area contributed by atoms with Gasteiger partial charge in [-0.15, -0.1) is 0 Å². The van der Waals surface area contributed by atoms with E-state index in [9.17, 15) is 20.0 Å². The quantitative estimate of drug-likeness (QED) is 0.418. The van der Waals surface area contributed by atoms with E-state index in [0.29, 0.717) is 5.56 Å². The number of hydrogen-bond donors (Lipinski definition) is 3. The molecule has 0 aliphatic rings. The number of benzene rings is 2. The fourth-order valence-electron chi connectivity index (χ4n) is 2.61. The predicted molar refractivity (Wildman–Crippen MR) is 99.6 cm³/mol. The number of anilines is 1. The highest BCUT2D eigenvalue weighted by atomic mass is 16.6. The molecule has 0 spiro atoms. The third-order valence-electron chi connectivity index (χ3n) is 3.70. The van der Waals surface area contributed by atoms with Gasteiger partial charge in [-0.25, -0.2) is 5.43 Å². The van der Waals surface area contributed by atoms with Crippen LogP contribution in [0.15, 0.2) is 35.4 Å². The molecule has 2 rings (SSSR count). The van der Waals surface area contributed by atoms with Gasteiger partial charge in [0.05, 0.1) is 17.7 Å². The Hall–Kier alpha value is -3.42. The van der Waals surface area contributed by atoms with E-state index in [1.54, 1.807) is 0 Å². The summed E-state index contributed by atoms with van der Waals surface area (Å²) in [6.45, 7) is 5.99. The Morgan fingerprint density at radius 1 is 1.23 bits per heavy atom. The summed E-state index contributed by atoms with van der Waals surface area (Å²) in [5.41, 5.74) is 6.47. The Morgan fingerprint density at radius 3 is 2.50 bits per heavy atom. The summed E-state index contributed by atoms with van der Waals surface area (Å²) in [5, 5.41) is 27.0. The zero-order chi connectivity index (χ0) is 19.3. The Kier molecular flexibility index (Phi) is 5.90. The lowest BCUT2D eigenvalue weighted by atomic mass is 10.1. The Morgan fingerprint density at radius 2 is 1.88 bits per heavy atom. The molecule has 0 aliphatic carbocycles. The van der Waals surface area contributed by atoms with Gasteiger partial charge in [0.1, 0.15) is 0 Å². The molecule has 0 atom stereocenters. The predicted octanol–water partition coefficient (Wildman–Crippen LogP) is 2.79. The zero-order valence-electron chi connectivity index (χ0n) is 14.7. The van der Waals surface area contributed by atoms with Crippen molar-refractivity contribution in [2.24, 2.45) is 5.10 Å². The summed E-state index contributed by atoms with van der Waals surface area (Å²) in [6.07, 6.45) is 1.27. The average molecular weight is 356 g/mol. The molecule has 1 amide bonds. The highest BCUT2D eigenvalue weighted by Crippen LogP contribution is 2.25. The molecule has 0 saturated carbocycles. The van der Waals surface area contributed by atoms with E-state index in [-0.39, 0.29) is 12.5 Å². The number of amides is 1. The molecule has 26 heavy (non-hydrogen) atoms. The molecule has 0 unspecified atom stereocenters. The second-order valence-corrected chi connectivity index (χ2v) is 5.93. The highest BCUT2D eigenvalue weighted by Gasteiger charge is 2.12. The van der Waals surface area contributed by atoms with Gasteiger partial charge in [0.2, 0.25) is 0 Å². The molecule has 8 nitrogen and oxygen atoms in total. The van der Waals surface area contributed by atoms with Gasteiger partial charge in [-0.1, -0.05) is 17.7 Å². The number of hydrogen-bond acceptors (Lipinski definition) is 6. The van der Waals surface area contributed by atoms with E-state index in [4.69, 9.17) is 0 Å². The van der Waals surface area contributed by atoms with Crippen molar-refractivity contribution in [1.29, 1.82) is 0 Å². The Labute approximate surface area is 150 Å². The van der Waals surface area contributed by atoms with Crippen molar-refractivity contribution in [3.8, 4) is 5.75 Å². The number of aromatic hydroxyl groups is 1. The van der Waals surface area contributed by atoms with Crippen LogP contribution >= 0.6 is 0 Å². The van der Waals surface area contributed by atoms with E-state index in [2.05, 4.69) is 15.8 Å². The summed E-state index contributed by atoms with van der Waals surface area (Å²) >= 11 is 0. The van der Waals surface area contributed by atoms with Gasteiger partial charge in [0, 0.05) is 17.3 Å². The fraction of sp³-hybridized carbons (Fsp3) is 0.222. The molecule has 0 heterocycles. The second-order valence-electron chi connectivity index (χ2n) is 5.93. The number of aryl methyl sites for hydroxylation is 3. The Bertz CT molecular complexity index is 854. The molecule has 0 bridgehead atoms. The molecule has 3 N–H and O–H groups in total. The highest BCUT2D eigenvalue weighted by molar-refractivity contribution is 5.85. The number of phenolic OH excluding ortho intramolecular Hbond substituents is 1. The van der Waals surface area contributed by atoms with Gasteiger partial charge in [-0.05, 0) is 44.0 Å². The lowest BCUT2D eigenvalue weighted by Gasteiger charge is -2.13. The molecule has 136 valence electrons. The van der Waals surface area contributed by atoms with Crippen molar-refractivity contribution in [3.63, 3.8) is 0 Å². The molecular weight excluding hydrogens is 336 g/mol. The summed E-state index contributed by atoms with van der Waals surface area (Å²) in [6, 6.07) is 7.88. The first-order valence-electron chi connectivity index (χ1n) is 7.89. The summed E-state index contributed by atoms with van der Waals surface area (Å²) < 4.78 is 0. The smallest absolute Gasteiger partial charge is 0.311 e. The topological polar surface area (TPSA) is 117 Å². The van der Waals surface area contributed by atoms with E-state index < -0.39 is 16.4 Å². The first-order chi connectivity index (χ1) is 12.3. The maximum atomic E-state index is 11.9. The standard InChI is InChI=1S/C18H20N4O4/c1-11-6-12(2)18(13(3)7-11)19-10-17(24)21-20-9-14-4-5-16(23)15(8-14)22(25)26/h4-9,19,23H,10H2,1-3H3,(H,21,24)/b20-9-. The van der Waals surface area contributed by atoms with Gasteiger partial charge in [0.15, 0.2) is 5.75 Å². The van der Waals surface area contributed by atoms with E-state index in [0.717, 1.165) is 22.4 Å². The van der Waals surface area contributed by atoms with E-state index in [1.165, 1.54) is 24.4 Å². The maximum Gasteiger partial charge on any atom is 0.311 e. The van der Waals surface area contributed by atoms with Gasteiger partial charge < -0.3 is 10.4 Å². The number of rotatable bonds is 6. The fourth-order valence-corrected chi connectivity index (χ4v) is 2.61. The minimum absolute atomic E-state index is 0.0395. The second kappa shape index (κ2) is 8.11. The summed E-state index contributed by atoms with van der Waals surface area (Å²) in [5.74, 6) is -0.780. The van der Waals surface area contributed by atoms with Gasteiger partial charge in [-0.3, -0.25) is 14.9 Å². The largest absolute Gasteiger partial charge is 0.502 e. The normalized spacial score (nSPS) is 10.7. The number of phenols is 1. The number of nitro benzene ring substituents is 1. The monoisotopic (exact) mass is 356 g/mol. The van der Waals surface area contributed by atoms with Gasteiger partial charge in [-0.2, -0.15) is 5.10 Å². The molecule has 0 saturated heterocycles. The maximum absolute atomic E-state index is 11.9. The van der Waals surface area contributed by atoms with Crippen LogP contribution < -0.4 is 10.7 Å². The van der Waals surface area contributed by atoms with Crippen LogP contribution in [0, 0.1) is 30.9 Å². The third-order valence-corrected chi connectivity index (χ3v) is 3.70. The van der Waals surface area contributed by atoms with Crippen LogP contribution in [0.25, 0.3) is 0 Å². The minimum atomic E-state index is -0.693. The number of nitro groups is 1. The molecule has 2 aromatic carbocycles.